The molecule has 0 N–H and O–H groups in total. The number of rotatable bonds is 4. The first-order chi connectivity index (χ1) is 26.3. The van der Waals surface area contributed by atoms with Crippen LogP contribution in [0.1, 0.15) is 0 Å². The second kappa shape index (κ2) is 11.7. The molecule has 0 fully saturated rings. The Kier molecular flexibility index (Phi) is 6.52. The SMILES string of the molecule is c1ccc(-c2nc(-c3ccc4c(ccc5c6ccccc6ccc45)c3)nc(-c3ccc(-n4c5ccccc5c5ccccc54)c4ccccc34)n2)cc1. The molecule has 9 aromatic carbocycles. The molecular weight excluding hydrogens is 645 g/mol. The number of benzene rings is 9. The Hall–Kier alpha value is -7.17. The molecule has 2 aromatic heterocycles. The van der Waals surface area contributed by atoms with Gasteiger partial charge in [-0.2, -0.15) is 0 Å². The highest BCUT2D eigenvalue weighted by Gasteiger charge is 2.19. The zero-order valence-corrected chi connectivity index (χ0v) is 28.6. The summed E-state index contributed by atoms with van der Waals surface area (Å²) in [7, 11) is 0. The van der Waals surface area contributed by atoms with Gasteiger partial charge in [-0.1, -0.05) is 152 Å². The number of hydrogen-bond acceptors (Lipinski definition) is 3. The number of aromatic nitrogens is 4. The van der Waals surface area contributed by atoms with Crippen LogP contribution >= 0.6 is 0 Å². The van der Waals surface area contributed by atoms with Crippen molar-refractivity contribution in [2.45, 2.75) is 0 Å². The van der Waals surface area contributed by atoms with Gasteiger partial charge in [0.2, 0.25) is 0 Å². The third-order valence-electron chi connectivity index (χ3n) is 10.6. The summed E-state index contributed by atoms with van der Waals surface area (Å²) in [5.74, 6) is 1.93. The van der Waals surface area contributed by atoms with E-state index in [9.17, 15) is 0 Å². The third-order valence-corrected chi connectivity index (χ3v) is 10.6. The van der Waals surface area contributed by atoms with Crippen molar-refractivity contribution >= 4 is 64.9 Å². The second-order valence-electron chi connectivity index (χ2n) is 13.6. The van der Waals surface area contributed by atoms with Crippen LogP contribution in [0.2, 0.25) is 0 Å². The summed E-state index contributed by atoms with van der Waals surface area (Å²) >= 11 is 0. The molecule has 0 bridgehead atoms. The monoisotopic (exact) mass is 674 g/mol. The molecular formula is C49H30N4. The van der Waals surface area contributed by atoms with Gasteiger partial charge in [0.05, 0.1) is 16.7 Å². The predicted molar refractivity (Wildman–Crippen MR) is 220 cm³/mol. The van der Waals surface area contributed by atoms with Crippen molar-refractivity contribution in [2.75, 3.05) is 0 Å². The molecule has 0 amide bonds. The molecule has 53 heavy (non-hydrogen) atoms. The summed E-state index contributed by atoms with van der Waals surface area (Å²) in [4.78, 5) is 15.5. The molecule has 11 aromatic rings. The van der Waals surface area contributed by atoms with E-state index in [4.69, 9.17) is 15.0 Å². The molecule has 0 atom stereocenters. The minimum absolute atomic E-state index is 0.643. The van der Waals surface area contributed by atoms with Crippen molar-refractivity contribution in [1.29, 1.82) is 0 Å². The maximum absolute atomic E-state index is 5.22. The Labute approximate surface area is 305 Å². The minimum Gasteiger partial charge on any atom is -0.309 e. The van der Waals surface area contributed by atoms with Crippen LogP contribution in [0.15, 0.2) is 182 Å². The lowest BCUT2D eigenvalue weighted by atomic mass is 9.96. The first kappa shape index (κ1) is 29.5. The van der Waals surface area contributed by atoms with Gasteiger partial charge in [-0.25, -0.2) is 15.0 Å². The second-order valence-corrected chi connectivity index (χ2v) is 13.6. The lowest BCUT2D eigenvalue weighted by Crippen LogP contribution is -2.01. The van der Waals surface area contributed by atoms with Gasteiger partial charge in [0.15, 0.2) is 17.5 Å². The summed E-state index contributed by atoms with van der Waals surface area (Å²) < 4.78 is 2.38. The van der Waals surface area contributed by atoms with Gasteiger partial charge in [0.1, 0.15) is 0 Å². The van der Waals surface area contributed by atoms with Crippen molar-refractivity contribution in [3.8, 4) is 39.9 Å². The normalized spacial score (nSPS) is 11.8. The average molecular weight is 675 g/mol. The molecule has 0 aliphatic heterocycles. The number of fused-ring (bicyclic) bond motifs is 9. The average Bonchev–Trinajstić information content (AvgIpc) is 3.57. The van der Waals surface area contributed by atoms with Gasteiger partial charge in [0.25, 0.3) is 0 Å². The molecule has 2 heterocycles. The van der Waals surface area contributed by atoms with Crippen LogP contribution in [0.3, 0.4) is 0 Å². The Bertz CT molecular complexity index is 3180. The molecule has 11 rings (SSSR count). The van der Waals surface area contributed by atoms with E-state index in [2.05, 4.69) is 168 Å². The molecule has 0 spiro atoms. The van der Waals surface area contributed by atoms with E-state index in [1.54, 1.807) is 0 Å². The number of nitrogens with zero attached hydrogens (tertiary/aromatic N) is 4. The first-order valence-electron chi connectivity index (χ1n) is 18.0. The Morgan fingerprint density at radius 3 is 1.57 bits per heavy atom. The van der Waals surface area contributed by atoms with Crippen LogP contribution in [0.4, 0.5) is 0 Å². The van der Waals surface area contributed by atoms with Crippen molar-refractivity contribution in [1.82, 2.24) is 19.5 Å². The maximum atomic E-state index is 5.22. The van der Waals surface area contributed by atoms with Crippen LogP contribution in [0, 0.1) is 0 Å². The van der Waals surface area contributed by atoms with Crippen LogP contribution < -0.4 is 0 Å². The lowest BCUT2D eigenvalue weighted by molar-refractivity contribution is 1.08. The van der Waals surface area contributed by atoms with Crippen LogP contribution in [0.25, 0.3) is 105 Å². The van der Waals surface area contributed by atoms with E-state index < -0.39 is 0 Å². The molecule has 4 heteroatoms. The standard InChI is InChI=1S/C49H30N4/c1-2-13-32(14-3-1)47-50-48(34-24-25-36-33(30-34)23-27-38-35-15-5-4-12-31(35)22-26-39(36)38)52-49(51-47)43-28-29-46(40-17-7-6-16-37(40)43)53-44-20-10-8-18-41(44)42-19-9-11-21-45(42)53/h1-30H. The van der Waals surface area contributed by atoms with E-state index in [1.165, 1.54) is 48.7 Å². The van der Waals surface area contributed by atoms with Gasteiger partial charge in [0, 0.05) is 32.8 Å². The Balaban J connectivity index is 1.11. The molecule has 0 radical (unpaired) electrons. The molecule has 246 valence electrons. The van der Waals surface area contributed by atoms with E-state index in [0.717, 1.165) is 38.5 Å². The summed E-state index contributed by atoms with van der Waals surface area (Å²) in [6, 6.07) is 64.5. The summed E-state index contributed by atoms with van der Waals surface area (Å²) in [5.41, 5.74) is 6.33. The third kappa shape index (κ3) is 4.66. The maximum Gasteiger partial charge on any atom is 0.164 e. The zero-order chi connectivity index (χ0) is 34.9. The van der Waals surface area contributed by atoms with E-state index in [-0.39, 0.29) is 0 Å². The van der Waals surface area contributed by atoms with Gasteiger partial charge in [-0.3, -0.25) is 0 Å². The highest BCUT2D eigenvalue weighted by molar-refractivity contribution is 6.17. The highest BCUT2D eigenvalue weighted by atomic mass is 15.0. The molecule has 4 nitrogen and oxygen atoms in total. The van der Waals surface area contributed by atoms with E-state index >= 15 is 0 Å². The van der Waals surface area contributed by atoms with E-state index in [0.29, 0.717) is 17.5 Å². The van der Waals surface area contributed by atoms with Gasteiger partial charge >= 0.3 is 0 Å². The zero-order valence-electron chi connectivity index (χ0n) is 28.6. The Morgan fingerprint density at radius 2 is 0.830 bits per heavy atom. The van der Waals surface area contributed by atoms with Crippen LogP contribution in [-0.2, 0) is 0 Å². The quantitative estimate of drug-likeness (QED) is 0.175. The van der Waals surface area contributed by atoms with Crippen LogP contribution in [-0.4, -0.2) is 19.5 Å². The fourth-order valence-electron chi connectivity index (χ4n) is 8.17. The van der Waals surface area contributed by atoms with Crippen molar-refractivity contribution in [2.24, 2.45) is 0 Å². The summed E-state index contributed by atoms with van der Waals surface area (Å²) in [6.45, 7) is 0. The van der Waals surface area contributed by atoms with Crippen molar-refractivity contribution in [3.05, 3.63) is 182 Å². The molecule has 0 aliphatic rings. The minimum atomic E-state index is 0.643. The predicted octanol–water partition coefficient (Wildman–Crippen LogP) is 12.6. The van der Waals surface area contributed by atoms with Gasteiger partial charge in [-0.05, 0) is 68.0 Å². The Morgan fingerprint density at radius 1 is 0.302 bits per heavy atom. The fraction of sp³-hybridized carbons (Fsp3) is 0. The number of para-hydroxylation sites is 2. The van der Waals surface area contributed by atoms with E-state index in [1.807, 2.05) is 18.2 Å². The van der Waals surface area contributed by atoms with Gasteiger partial charge in [-0.15, -0.1) is 0 Å². The van der Waals surface area contributed by atoms with Crippen molar-refractivity contribution in [3.63, 3.8) is 0 Å². The van der Waals surface area contributed by atoms with Crippen LogP contribution in [0.5, 0.6) is 0 Å². The summed E-state index contributed by atoms with van der Waals surface area (Å²) in [6.07, 6.45) is 0. The molecule has 0 saturated carbocycles. The topological polar surface area (TPSA) is 43.6 Å². The molecule has 0 unspecified atom stereocenters. The molecule has 0 saturated heterocycles. The largest absolute Gasteiger partial charge is 0.309 e. The number of hydrogen-bond donors (Lipinski definition) is 0. The lowest BCUT2D eigenvalue weighted by Gasteiger charge is -2.15. The smallest absolute Gasteiger partial charge is 0.164 e. The van der Waals surface area contributed by atoms with Gasteiger partial charge < -0.3 is 4.57 Å². The summed E-state index contributed by atoms with van der Waals surface area (Å²) in [5, 5.41) is 12.1. The highest BCUT2D eigenvalue weighted by Crippen LogP contribution is 2.38. The molecule has 0 aliphatic carbocycles. The fourth-order valence-corrected chi connectivity index (χ4v) is 8.17. The van der Waals surface area contributed by atoms with Crippen molar-refractivity contribution < 1.29 is 0 Å². The first-order valence-corrected chi connectivity index (χ1v) is 18.0.